The van der Waals surface area contributed by atoms with Gasteiger partial charge in [0.1, 0.15) is 0 Å². The lowest BCUT2D eigenvalue weighted by molar-refractivity contribution is -0.0717. The van der Waals surface area contributed by atoms with Gasteiger partial charge in [-0.05, 0) is 49.9 Å². The van der Waals surface area contributed by atoms with Crippen LogP contribution >= 0.6 is 0 Å². The summed E-state index contributed by atoms with van der Waals surface area (Å²) in [5, 5.41) is 0. The monoisotopic (exact) mass is 180 g/mol. The molecule has 0 aromatic rings. The van der Waals surface area contributed by atoms with Gasteiger partial charge in [-0.1, -0.05) is 13.3 Å². The summed E-state index contributed by atoms with van der Waals surface area (Å²) >= 11 is 0. The Hall–Kier alpha value is -0.0400. The van der Waals surface area contributed by atoms with Crippen molar-refractivity contribution in [3.63, 3.8) is 0 Å². The van der Waals surface area contributed by atoms with E-state index in [2.05, 4.69) is 6.92 Å². The van der Waals surface area contributed by atoms with Gasteiger partial charge in [0, 0.05) is 0 Å². The van der Waals surface area contributed by atoms with Crippen molar-refractivity contribution in [3.8, 4) is 0 Å². The lowest BCUT2D eigenvalue weighted by Crippen LogP contribution is -2.35. The highest BCUT2D eigenvalue weighted by Gasteiger charge is 2.48. The van der Waals surface area contributed by atoms with Crippen LogP contribution < -0.4 is 0 Å². The van der Waals surface area contributed by atoms with Crippen LogP contribution in [0.3, 0.4) is 0 Å². The van der Waals surface area contributed by atoms with Crippen LogP contribution in [-0.2, 0) is 4.74 Å². The largest absolute Gasteiger partial charge is 0.374 e. The van der Waals surface area contributed by atoms with Crippen LogP contribution in [0.5, 0.6) is 0 Å². The van der Waals surface area contributed by atoms with Crippen molar-refractivity contribution >= 4 is 0 Å². The van der Waals surface area contributed by atoms with Crippen LogP contribution in [0.25, 0.3) is 0 Å². The molecule has 1 heteroatoms. The van der Waals surface area contributed by atoms with E-state index in [0.29, 0.717) is 5.60 Å². The predicted molar refractivity (Wildman–Crippen MR) is 52.5 cm³/mol. The second-order valence-corrected chi connectivity index (χ2v) is 5.46. The lowest BCUT2D eigenvalue weighted by atomic mass is 9.87. The predicted octanol–water partition coefficient (Wildman–Crippen LogP) is 2.99. The SMILES string of the molecule is C[C@@H]1CCC[C@]12CC[C@@H]1C[C@@H]1CO2. The van der Waals surface area contributed by atoms with Gasteiger partial charge in [-0.2, -0.15) is 0 Å². The number of fused-ring (bicyclic) bond motifs is 1. The van der Waals surface area contributed by atoms with Crippen molar-refractivity contribution in [3.05, 3.63) is 0 Å². The highest BCUT2D eigenvalue weighted by molar-refractivity contribution is 4.98. The molecule has 0 aromatic heterocycles. The van der Waals surface area contributed by atoms with E-state index in [1.807, 2.05) is 0 Å². The van der Waals surface area contributed by atoms with Crippen molar-refractivity contribution in [2.24, 2.45) is 17.8 Å². The average Bonchev–Trinajstić information content (AvgIpc) is 2.79. The standard InChI is InChI=1S/C12H20O/c1-9-3-2-5-12(9)6-4-10-7-11(10)8-13-12/h9-11H,2-8H2,1H3/t9-,10-,11-,12+/m1/s1. The van der Waals surface area contributed by atoms with E-state index in [4.69, 9.17) is 4.74 Å². The molecule has 0 N–H and O–H groups in total. The molecule has 0 radical (unpaired) electrons. The van der Waals surface area contributed by atoms with Crippen LogP contribution in [0.1, 0.15) is 45.4 Å². The number of hydrogen-bond donors (Lipinski definition) is 0. The smallest absolute Gasteiger partial charge is 0.0708 e. The van der Waals surface area contributed by atoms with Gasteiger partial charge in [0.25, 0.3) is 0 Å². The second-order valence-electron chi connectivity index (χ2n) is 5.46. The number of hydrogen-bond acceptors (Lipinski definition) is 1. The second kappa shape index (κ2) is 2.73. The number of ether oxygens (including phenoxy) is 1. The zero-order chi connectivity index (χ0) is 8.89. The summed E-state index contributed by atoms with van der Waals surface area (Å²) in [7, 11) is 0. The van der Waals surface area contributed by atoms with Gasteiger partial charge >= 0.3 is 0 Å². The summed E-state index contributed by atoms with van der Waals surface area (Å²) in [6, 6.07) is 0. The Kier molecular flexibility index (Phi) is 1.74. The fourth-order valence-electron chi connectivity index (χ4n) is 3.45. The summed E-state index contributed by atoms with van der Waals surface area (Å²) in [6.07, 6.45) is 8.41. The molecule has 1 spiro atoms. The van der Waals surface area contributed by atoms with Crippen LogP contribution in [0.2, 0.25) is 0 Å². The minimum atomic E-state index is 0.327. The van der Waals surface area contributed by atoms with Gasteiger partial charge in [0.15, 0.2) is 0 Å². The summed E-state index contributed by atoms with van der Waals surface area (Å²) in [6.45, 7) is 3.47. The van der Waals surface area contributed by atoms with Crippen molar-refractivity contribution in [1.29, 1.82) is 0 Å². The molecule has 3 rings (SSSR count). The Morgan fingerprint density at radius 2 is 2.08 bits per heavy atom. The van der Waals surface area contributed by atoms with Crippen molar-refractivity contribution in [2.75, 3.05) is 6.61 Å². The summed E-state index contributed by atoms with van der Waals surface area (Å²) in [4.78, 5) is 0. The van der Waals surface area contributed by atoms with E-state index in [0.717, 1.165) is 24.4 Å². The average molecular weight is 180 g/mol. The number of rotatable bonds is 0. The van der Waals surface area contributed by atoms with Gasteiger partial charge < -0.3 is 4.74 Å². The summed E-state index contributed by atoms with van der Waals surface area (Å²) in [5.41, 5.74) is 0.327. The first kappa shape index (κ1) is 8.28. The molecule has 3 aliphatic rings. The maximum absolute atomic E-state index is 6.22. The molecule has 1 heterocycles. The maximum Gasteiger partial charge on any atom is 0.0708 e. The summed E-state index contributed by atoms with van der Waals surface area (Å²) in [5.74, 6) is 2.82. The van der Waals surface area contributed by atoms with Crippen molar-refractivity contribution in [1.82, 2.24) is 0 Å². The van der Waals surface area contributed by atoms with Gasteiger partial charge in [0.05, 0.1) is 12.2 Å². The molecule has 2 aliphatic carbocycles. The molecule has 0 amide bonds. The van der Waals surface area contributed by atoms with E-state index in [1.54, 1.807) is 0 Å². The summed E-state index contributed by atoms with van der Waals surface area (Å²) < 4.78 is 6.22. The molecule has 74 valence electrons. The van der Waals surface area contributed by atoms with Crippen LogP contribution in [0.4, 0.5) is 0 Å². The van der Waals surface area contributed by atoms with Crippen molar-refractivity contribution in [2.45, 2.75) is 51.0 Å². The zero-order valence-corrected chi connectivity index (χ0v) is 8.59. The van der Waals surface area contributed by atoms with Crippen molar-refractivity contribution < 1.29 is 4.74 Å². The van der Waals surface area contributed by atoms with Crippen LogP contribution in [0.15, 0.2) is 0 Å². The Morgan fingerprint density at radius 1 is 1.15 bits per heavy atom. The first-order valence-corrected chi connectivity index (χ1v) is 5.94. The molecule has 1 saturated heterocycles. The molecule has 4 atom stereocenters. The van der Waals surface area contributed by atoms with E-state index in [-0.39, 0.29) is 0 Å². The first-order valence-electron chi connectivity index (χ1n) is 5.94. The minimum Gasteiger partial charge on any atom is -0.374 e. The molecule has 0 unspecified atom stereocenters. The third-order valence-corrected chi connectivity index (χ3v) is 4.73. The molecule has 3 fully saturated rings. The minimum absolute atomic E-state index is 0.327. The van der Waals surface area contributed by atoms with Crippen LogP contribution in [0, 0.1) is 17.8 Å². The highest BCUT2D eigenvalue weighted by atomic mass is 16.5. The highest BCUT2D eigenvalue weighted by Crippen LogP contribution is 2.52. The molecule has 1 nitrogen and oxygen atoms in total. The molecule has 1 aliphatic heterocycles. The first-order chi connectivity index (χ1) is 6.30. The van der Waals surface area contributed by atoms with Gasteiger partial charge in [-0.15, -0.1) is 0 Å². The molecular weight excluding hydrogens is 160 g/mol. The Morgan fingerprint density at radius 3 is 2.85 bits per heavy atom. The Balaban J connectivity index is 1.75. The van der Waals surface area contributed by atoms with E-state index < -0.39 is 0 Å². The van der Waals surface area contributed by atoms with E-state index in [9.17, 15) is 0 Å². The quantitative estimate of drug-likeness (QED) is 0.557. The molecule has 13 heavy (non-hydrogen) atoms. The Labute approximate surface area is 80.8 Å². The molecule has 2 saturated carbocycles. The molecule has 0 aromatic carbocycles. The maximum atomic E-state index is 6.22. The lowest BCUT2D eigenvalue weighted by Gasteiger charge is -2.33. The fraction of sp³-hybridized carbons (Fsp3) is 1.00. The van der Waals surface area contributed by atoms with Gasteiger partial charge in [-0.25, -0.2) is 0 Å². The Bertz CT molecular complexity index is 199. The zero-order valence-electron chi connectivity index (χ0n) is 8.59. The van der Waals surface area contributed by atoms with Crippen LogP contribution in [-0.4, -0.2) is 12.2 Å². The van der Waals surface area contributed by atoms with Gasteiger partial charge in [0.2, 0.25) is 0 Å². The molecular formula is C12H20O. The van der Waals surface area contributed by atoms with E-state index in [1.165, 1.54) is 38.5 Å². The normalized spacial score (nSPS) is 54.7. The fourth-order valence-corrected chi connectivity index (χ4v) is 3.45. The third-order valence-electron chi connectivity index (χ3n) is 4.73. The topological polar surface area (TPSA) is 9.23 Å². The third kappa shape index (κ3) is 1.24. The molecule has 0 bridgehead atoms. The van der Waals surface area contributed by atoms with Gasteiger partial charge in [-0.3, -0.25) is 0 Å². The van der Waals surface area contributed by atoms with E-state index >= 15 is 0 Å².